The molecule has 0 fully saturated rings. The number of aryl methyl sites for hydroxylation is 1. The zero-order chi connectivity index (χ0) is 14.9. The first kappa shape index (κ1) is 15.1. The number of hydrogen-bond donors (Lipinski definition) is 2. The molecule has 21 heavy (non-hydrogen) atoms. The van der Waals surface area contributed by atoms with E-state index in [-0.39, 0.29) is 5.91 Å². The molecular formula is C16H17N3OS. The van der Waals surface area contributed by atoms with E-state index in [0.717, 1.165) is 18.5 Å². The highest BCUT2D eigenvalue weighted by molar-refractivity contribution is 7.80. The summed E-state index contributed by atoms with van der Waals surface area (Å²) >= 11 is 5.10. The van der Waals surface area contributed by atoms with Gasteiger partial charge in [-0.15, -0.1) is 0 Å². The molecule has 0 aliphatic carbocycles. The van der Waals surface area contributed by atoms with Crippen LogP contribution in [0.5, 0.6) is 0 Å². The molecule has 2 rings (SSSR count). The molecule has 0 aliphatic rings. The van der Waals surface area contributed by atoms with Crippen LogP contribution in [-0.4, -0.2) is 22.5 Å². The van der Waals surface area contributed by atoms with Crippen LogP contribution >= 0.6 is 12.2 Å². The summed E-state index contributed by atoms with van der Waals surface area (Å²) in [7, 11) is 0. The van der Waals surface area contributed by atoms with Crippen LogP contribution in [0.1, 0.15) is 22.5 Å². The molecule has 1 aromatic heterocycles. The van der Waals surface area contributed by atoms with Crippen LogP contribution in [0, 0.1) is 0 Å². The second-order valence-electron chi connectivity index (χ2n) is 4.50. The molecule has 1 amide bonds. The van der Waals surface area contributed by atoms with Crippen molar-refractivity contribution in [3.8, 4) is 0 Å². The molecule has 2 N–H and O–H groups in total. The van der Waals surface area contributed by atoms with Crippen molar-refractivity contribution < 1.29 is 4.79 Å². The Morgan fingerprint density at radius 2 is 1.86 bits per heavy atom. The molecule has 0 radical (unpaired) electrons. The van der Waals surface area contributed by atoms with Crippen molar-refractivity contribution in [2.24, 2.45) is 0 Å². The number of carbonyl (C=O) groups is 1. The smallest absolute Gasteiger partial charge is 0.257 e. The minimum Gasteiger partial charge on any atom is -0.362 e. The third kappa shape index (κ3) is 5.31. The summed E-state index contributed by atoms with van der Waals surface area (Å²) in [4.78, 5) is 16.1. The van der Waals surface area contributed by atoms with Gasteiger partial charge >= 0.3 is 0 Å². The maximum atomic E-state index is 11.9. The van der Waals surface area contributed by atoms with Crippen LogP contribution < -0.4 is 10.6 Å². The SMILES string of the molecule is O=C(NC(=S)NCCCc1ccccn1)c1ccccc1. The molecule has 1 heterocycles. The number of rotatable bonds is 5. The van der Waals surface area contributed by atoms with Gasteiger partial charge in [-0.05, 0) is 49.3 Å². The molecular weight excluding hydrogens is 282 g/mol. The maximum Gasteiger partial charge on any atom is 0.257 e. The lowest BCUT2D eigenvalue weighted by atomic mass is 10.2. The van der Waals surface area contributed by atoms with Crippen LogP contribution in [0.2, 0.25) is 0 Å². The van der Waals surface area contributed by atoms with Crippen molar-refractivity contribution in [3.05, 3.63) is 66.0 Å². The largest absolute Gasteiger partial charge is 0.362 e. The topological polar surface area (TPSA) is 54.0 Å². The van der Waals surface area contributed by atoms with Crippen LogP contribution in [0.15, 0.2) is 54.7 Å². The second kappa shape index (κ2) is 8.11. The number of pyridine rings is 1. The summed E-state index contributed by atoms with van der Waals surface area (Å²) < 4.78 is 0. The average molecular weight is 299 g/mol. The maximum absolute atomic E-state index is 11.9. The Hall–Kier alpha value is -2.27. The van der Waals surface area contributed by atoms with Gasteiger partial charge in [-0.2, -0.15) is 0 Å². The van der Waals surface area contributed by atoms with Crippen molar-refractivity contribution in [2.75, 3.05) is 6.54 Å². The first-order chi connectivity index (χ1) is 10.3. The van der Waals surface area contributed by atoms with E-state index >= 15 is 0 Å². The molecule has 0 saturated heterocycles. The van der Waals surface area contributed by atoms with E-state index in [0.29, 0.717) is 17.2 Å². The van der Waals surface area contributed by atoms with E-state index in [2.05, 4.69) is 15.6 Å². The van der Waals surface area contributed by atoms with E-state index in [4.69, 9.17) is 12.2 Å². The average Bonchev–Trinajstić information content (AvgIpc) is 2.53. The van der Waals surface area contributed by atoms with Gasteiger partial charge in [-0.25, -0.2) is 0 Å². The van der Waals surface area contributed by atoms with E-state index in [9.17, 15) is 4.79 Å². The summed E-state index contributed by atoms with van der Waals surface area (Å²) in [5, 5.41) is 6.04. The third-order valence-electron chi connectivity index (χ3n) is 2.88. The highest BCUT2D eigenvalue weighted by Gasteiger charge is 2.06. The fourth-order valence-corrected chi connectivity index (χ4v) is 2.02. The van der Waals surface area contributed by atoms with Gasteiger partial charge in [-0.3, -0.25) is 15.1 Å². The number of nitrogens with one attached hydrogen (secondary N) is 2. The van der Waals surface area contributed by atoms with E-state index in [1.165, 1.54) is 0 Å². The fourth-order valence-electron chi connectivity index (χ4n) is 1.83. The monoisotopic (exact) mass is 299 g/mol. The lowest BCUT2D eigenvalue weighted by Crippen LogP contribution is -2.39. The van der Waals surface area contributed by atoms with Gasteiger partial charge in [-0.1, -0.05) is 24.3 Å². The van der Waals surface area contributed by atoms with E-state index < -0.39 is 0 Å². The van der Waals surface area contributed by atoms with Crippen LogP contribution in [-0.2, 0) is 6.42 Å². The Morgan fingerprint density at radius 3 is 2.57 bits per heavy atom. The van der Waals surface area contributed by atoms with Gasteiger partial charge < -0.3 is 5.32 Å². The van der Waals surface area contributed by atoms with Gasteiger partial charge in [0.15, 0.2) is 5.11 Å². The molecule has 5 heteroatoms. The van der Waals surface area contributed by atoms with Crippen molar-refractivity contribution in [1.29, 1.82) is 0 Å². The molecule has 0 atom stereocenters. The van der Waals surface area contributed by atoms with Gasteiger partial charge in [0, 0.05) is 24.0 Å². The van der Waals surface area contributed by atoms with Crippen LogP contribution in [0.4, 0.5) is 0 Å². The van der Waals surface area contributed by atoms with Crippen molar-refractivity contribution in [2.45, 2.75) is 12.8 Å². The number of carbonyl (C=O) groups excluding carboxylic acids is 1. The molecule has 2 aromatic rings. The van der Waals surface area contributed by atoms with Crippen LogP contribution in [0.25, 0.3) is 0 Å². The van der Waals surface area contributed by atoms with Gasteiger partial charge in [0.25, 0.3) is 5.91 Å². The Morgan fingerprint density at radius 1 is 1.10 bits per heavy atom. The highest BCUT2D eigenvalue weighted by atomic mass is 32.1. The van der Waals surface area contributed by atoms with E-state index in [1.807, 2.05) is 36.4 Å². The summed E-state index contributed by atoms with van der Waals surface area (Å²) in [6.45, 7) is 0.699. The van der Waals surface area contributed by atoms with E-state index in [1.54, 1.807) is 18.3 Å². The first-order valence-electron chi connectivity index (χ1n) is 6.80. The molecule has 0 bridgehead atoms. The number of thiocarbonyl (C=S) groups is 1. The third-order valence-corrected chi connectivity index (χ3v) is 3.13. The van der Waals surface area contributed by atoms with Crippen molar-refractivity contribution in [3.63, 3.8) is 0 Å². The molecule has 108 valence electrons. The Kier molecular flexibility index (Phi) is 5.84. The van der Waals surface area contributed by atoms with Gasteiger partial charge in [0.1, 0.15) is 0 Å². The Balaban J connectivity index is 1.67. The summed E-state index contributed by atoms with van der Waals surface area (Å²) in [5.74, 6) is -0.196. The van der Waals surface area contributed by atoms with Gasteiger partial charge in [0.05, 0.1) is 0 Å². The zero-order valence-electron chi connectivity index (χ0n) is 11.6. The molecule has 1 aromatic carbocycles. The number of benzene rings is 1. The number of amides is 1. The van der Waals surface area contributed by atoms with Gasteiger partial charge in [0.2, 0.25) is 0 Å². The van der Waals surface area contributed by atoms with Crippen LogP contribution in [0.3, 0.4) is 0 Å². The predicted molar refractivity (Wildman–Crippen MR) is 87.1 cm³/mol. The lowest BCUT2D eigenvalue weighted by Gasteiger charge is -2.09. The molecule has 0 spiro atoms. The molecule has 0 unspecified atom stereocenters. The Labute approximate surface area is 129 Å². The quantitative estimate of drug-likeness (QED) is 0.657. The first-order valence-corrected chi connectivity index (χ1v) is 7.20. The summed E-state index contributed by atoms with van der Waals surface area (Å²) in [6.07, 6.45) is 3.56. The summed E-state index contributed by atoms with van der Waals surface area (Å²) in [6, 6.07) is 14.9. The fraction of sp³-hybridized carbons (Fsp3) is 0.188. The normalized spacial score (nSPS) is 9.90. The molecule has 0 saturated carbocycles. The minimum absolute atomic E-state index is 0.196. The predicted octanol–water partition coefficient (Wildman–Crippen LogP) is 2.32. The lowest BCUT2D eigenvalue weighted by molar-refractivity contribution is 0.0976. The summed E-state index contributed by atoms with van der Waals surface area (Å²) in [5.41, 5.74) is 1.65. The number of hydrogen-bond acceptors (Lipinski definition) is 3. The minimum atomic E-state index is -0.196. The molecule has 0 aliphatic heterocycles. The highest BCUT2D eigenvalue weighted by Crippen LogP contribution is 1.98. The Bertz CT molecular complexity index is 587. The molecule has 4 nitrogen and oxygen atoms in total. The second-order valence-corrected chi connectivity index (χ2v) is 4.91. The number of nitrogens with zero attached hydrogens (tertiary/aromatic N) is 1. The number of aromatic nitrogens is 1. The van der Waals surface area contributed by atoms with Crippen molar-refractivity contribution in [1.82, 2.24) is 15.6 Å². The van der Waals surface area contributed by atoms with Crippen molar-refractivity contribution >= 4 is 23.2 Å². The standard InChI is InChI=1S/C16H17N3OS/c20-15(13-7-2-1-3-8-13)19-16(21)18-12-6-10-14-9-4-5-11-17-14/h1-5,7-9,11H,6,10,12H2,(H2,18,19,20,21). The zero-order valence-corrected chi connectivity index (χ0v) is 12.4.